The Labute approximate surface area is 234 Å². The van der Waals surface area contributed by atoms with Crippen molar-refractivity contribution in [1.82, 2.24) is 10.2 Å². The van der Waals surface area contributed by atoms with E-state index in [9.17, 15) is 14.7 Å². The number of methoxy groups -OCH3 is 1. The molecule has 7 heteroatoms. The molecular formula is C32H36N2O4S. The smallest absolute Gasteiger partial charge is 0.239 e. The van der Waals surface area contributed by atoms with Crippen molar-refractivity contribution in [3.8, 4) is 0 Å². The number of rotatable bonds is 10. The Morgan fingerprint density at radius 2 is 1.72 bits per heavy atom. The Balaban J connectivity index is 1.58. The van der Waals surface area contributed by atoms with Crippen molar-refractivity contribution in [3.63, 3.8) is 0 Å². The van der Waals surface area contributed by atoms with E-state index in [-0.39, 0.29) is 30.9 Å². The molecule has 0 spiro atoms. The SMILES string of the molecule is COCCCNC(=O)[C@@]1(Sc2ccc(C)cc2)CC(=O)N(C2Cc3ccccc3C2)[C@@H]1c1ccc(CO)cc1. The van der Waals surface area contributed by atoms with Crippen molar-refractivity contribution < 1.29 is 19.4 Å². The lowest BCUT2D eigenvalue weighted by molar-refractivity contribution is -0.131. The second kappa shape index (κ2) is 11.9. The van der Waals surface area contributed by atoms with Gasteiger partial charge in [0.05, 0.1) is 19.1 Å². The van der Waals surface area contributed by atoms with Gasteiger partial charge in [-0.3, -0.25) is 9.59 Å². The molecule has 0 saturated carbocycles. The summed E-state index contributed by atoms with van der Waals surface area (Å²) in [7, 11) is 1.65. The summed E-state index contributed by atoms with van der Waals surface area (Å²) in [5, 5.41) is 12.8. The number of carbonyl (C=O) groups excluding carboxylic acids is 2. The van der Waals surface area contributed by atoms with E-state index in [0.717, 1.165) is 34.4 Å². The highest BCUT2D eigenvalue weighted by Crippen LogP contribution is 2.54. The van der Waals surface area contributed by atoms with Crippen molar-refractivity contribution in [3.05, 3.63) is 101 Å². The zero-order valence-corrected chi connectivity index (χ0v) is 23.4. The standard InChI is InChI=1S/C32H36N2O4S/c1-22-8-14-28(15-9-22)39-32(31(37)33-16-5-17-38-2)20-29(36)34(27-18-25-6-3-4-7-26(25)19-27)30(32)24-12-10-23(21-35)11-13-24/h3-4,6-15,27,30,35H,5,16-21H2,1-2H3,(H,33,37)/t30-,32-/m1/s1. The number of aliphatic hydroxyl groups excluding tert-OH is 1. The Kier molecular flexibility index (Phi) is 8.40. The van der Waals surface area contributed by atoms with Crippen LogP contribution in [0.15, 0.2) is 77.7 Å². The van der Waals surface area contributed by atoms with Crippen LogP contribution in [0.3, 0.4) is 0 Å². The molecule has 2 atom stereocenters. The molecule has 0 bridgehead atoms. The first-order valence-corrected chi connectivity index (χ1v) is 14.4. The van der Waals surface area contributed by atoms with Gasteiger partial charge in [-0.25, -0.2) is 0 Å². The fourth-order valence-electron chi connectivity index (χ4n) is 5.89. The molecule has 3 aromatic carbocycles. The van der Waals surface area contributed by atoms with Crippen LogP contribution < -0.4 is 5.32 Å². The average molecular weight is 545 g/mol. The number of hydrogen-bond donors (Lipinski definition) is 2. The van der Waals surface area contributed by atoms with Crippen LogP contribution in [0.5, 0.6) is 0 Å². The summed E-state index contributed by atoms with van der Waals surface area (Å²) in [5.74, 6) is -0.137. The van der Waals surface area contributed by atoms with E-state index >= 15 is 0 Å². The van der Waals surface area contributed by atoms with Crippen LogP contribution >= 0.6 is 11.8 Å². The third-order valence-corrected chi connectivity index (χ3v) is 9.26. The topological polar surface area (TPSA) is 78.9 Å². The molecule has 0 unspecified atom stereocenters. The maximum Gasteiger partial charge on any atom is 0.239 e. The van der Waals surface area contributed by atoms with Gasteiger partial charge in [0, 0.05) is 31.2 Å². The third kappa shape index (κ3) is 5.62. The molecule has 1 aliphatic heterocycles. The van der Waals surface area contributed by atoms with Crippen LogP contribution in [0.2, 0.25) is 0 Å². The molecule has 2 amide bonds. The van der Waals surface area contributed by atoms with Crippen LogP contribution in [0.1, 0.15) is 46.7 Å². The normalized spacial score (nSPS) is 20.8. The number of hydrogen-bond acceptors (Lipinski definition) is 5. The van der Waals surface area contributed by atoms with E-state index in [4.69, 9.17) is 4.74 Å². The van der Waals surface area contributed by atoms with Gasteiger partial charge in [0.25, 0.3) is 0 Å². The summed E-state index contributed by atoms with van der Waals surface area (Å²) in [5.41, 5.74) is 5.36. The molecule has 5 rings (SSSR count). The lowest BCUT2D eigenvalue weighted by Gasteiger charge is -2.39. The summed E-state index contributed by atoms with van der Waals surface area (Å²) in [6, 6.07) is 23.7. The predicted octanol–water partition coefficient (Wildman–Crippen LogP) is 4.61. The Hall–Kier alpha value is -3.13. The first-order chi connectivity index (χ1) is 18.9. The predicted molar refractivity (Wildman–Crippen MR) is 153 cm³/mol. The second-order valence-electron chi connectivity index (χ2n) is 10.5. The minimum absolute atomic E-state index is 0.00399. The maximum atomic E-state index is 14.2. The fourth-order valence-corrected chi connectivity index (χ4v) is 7.31. The van der Waals surface area contributed by atoms with Crippen molar-refractivity contribution in [1.29, 1.82) is 0 Å². The van der Waals surface area contributed by atoms with Crippen molar-refractivity contribution in [2.45, 2.75) is 60.9 Å². The molecule has 204 valence electrons. The number of carbonyl (C=O) groups is 2. The molecule has 1 heterocycles. The third-order valence-electron chi connectivity index (χ3n) is 7.84. The zero-order chi connectivity index (χ0) is 27.4. The van der Waals surface area contributed by atoms with Gasteiger partial charge < -0.3 is 20.1 Å². The fraction of sp³-hybridized carbons (Fsp3) is 0.375. The van der Waals surface area contributed by atoms with Crippen LogP contribution in [-0.4, -0.2) is 52.9 Å². The summed E-state index contributed by atoms with van der Waals surface area (Å²) < 4.78 is 4.13. The first kappa shape index (κ1) is 27.4. The molecule has 0 radical (unpaired) electrons. The average Bonchev–Trinajstić information content (AvgIpc) is 3.51. The van der Waals surface area contributed by atoms with E-state index in [1.807, 2.05) is 72.5 Å². The minimum Gasteiger partial charge on any atom is -0.392 e. The highest BCUT2D eigenvalue weighted by molar-refractivity contribution is 8.01. The summed E-state index contributed by atoms with van der Waals surface area (Å²) in [4.78, 5) is 31.2. The zero-order valence-electron chi connectivity index (χ0n) is 22.6. The molecule has 1 saturated heterocycles. The van der Waals surface area contributed by atoms with E-state index in [2.05, 4.69) is 17.4 Å². The number of amides is 2. The summed E-state index contributed by atoms with van der Waals surface area (Å²) in [6.45, 7) is 3.00. The second-order valence-corrected chi connectivity index (χ2v) is 11.9. The molecule has 1 fully saturated rings. The van der Waals surface area contributed by atoms with Gasteiger partial charge >= 0.3 is 0 Å². The summed E-state index contributed by atoms with van der Waals surface area (Å²) in [6.07, 6.45) is 2.35. The van der Waals surface area contributed by atoms with Gasteiger partial charge in [-0.15, -0.1) is 11.8 Å². The van der Waals surface area contributed by atoms with Crippen molar-refractivity contribution >= 4 is 23.6 Å². The summed E-state index contributed by atoms with van der Waals surface area (Å²) >= 11 is 1.49. The number of ether oxygens (including phenoxy) is 1. The minimum atomic E-state index is -1.06. The van der Waals surface area contributed by atoms with Gasteiger partial charge in [0.2, 0.25) is 11.8 Å². The number of likely N-dealkylation sites (tertiary alicyclic amines) is 1. The Morgan fingerprint density at radius 3 is 2.33 bits per heavy atom. The number of thioether (sulfide) groups is 1. The quantitative estimate of drug-likeness (QED) is 0.365. The highest BCUT2D eigenvalue weighted by Gasteiger charge is 2.59. The first-order valence-electron chi connectivity index (χ1n) is 13.6. The lowest BCUT2D eigenvalue weighted by atomic mass is 9.90. The number of aliphatic hydroxyl groups is 1. The van der Waals surface area contributed by atoms with Gasteiger partial charge in [-0.05, 0) is 60.6 Å². The molecule has 2 aliphatic rings. The van der Waals surface area contributed by atoms with Gasteiger partial charge in [-0.2, -0.15) is 0 Å². The number of fused-ring (bicyclic) bond motifs is 1. The molecule has 1 aliphatic carbocycles. The lowest BCUT2D eigenvalue weighted by Crippen LogP contribution is -2.50. The van der Waals surface area contributed by atoms with Crippen molar-refractivity contribution in [2.24, 2.45) is 0 Å². The molecule has 39 heavy (non-hydrogen) atoms. The number of nitrogens with zero attached hydrogens (tertiary/aromatic N) is 1. The number of nitrogens with one attached hydrogen (secondary N) is 1. The molecule has 2 N–H and O–H groups in total. The van der Waals surface area contributed by atoms with Crippen LogP contribution in [-0.2, 0) is 33.8 Å². The van der Waals surface area contributed by atoms with Gasteiger partial charge in [0.1, 0.15) is 4.75 Å². The Bertz CT molecular complexity index is 1290. The number of benzene rings is 3. The monoisotopic (exact) mass is 544 g/mol. The largest absolute Gasteiger partial charge is 0.392 e. The van der Waals surface area contributed by atoms with Gasteiger partial charge in [0.15, 0.2) is 0 Å². The highest BCUT2D eigenvalue weighted by atomic mass is 32.2. The van der Waals surface area contributed by atoms with Crippen molar-refractivity contribution in [2.75, 3.05) is 20.3 Å². The van der Waals surface area contributed by atoms with Gasteiger partial charge in [-0.1, -0.05) is 66.2 Å². The van der Waals surface area contributed by atoms with E-state index in [0.29, 0.717) is 19.6 Å². The van der Waals surface area contributed by atoms with E-state index in [1.165, 1.54) is 22.9 Å². The van der Waals surface area contributed by atoms with E-state index < -0.39 is 10.8 Å². The Morgan fingerprint density at radius 1 is 1.05 bits per heavy atom. The number of aryl methyl sites for hydroxylation is 1. The van der Waals surface area contributed by atoms with Crippen LogP contribution in [0.4, 0.5) is 0 Å². The molecule has 0 aromatic heterocycles. The maximum absolute atomic E-state index is 14.2. The molecular weight excluding hydrogens is 508 g/mol. The van der Waals surface area contributed by atoms with Crippen LogP contribution in [0.25, 0.3) is 0 Å². The molecule has 6 nitrogen and oxygen atoms in total. The van der Waals surface area contributed by atoms with E-state index in [1.54, 1.807) is 7.11 Å². The molecule has 3 aromatic rings. The van der Waals surface area contributed by atoms with Crippen LogP contribution in [0, 0.1) is 6.92 Å².